The highest BCUT2D eigenvalue weighted by Gasteiger charge is 2.23. The van der Waals surface area contributed by atoms with E-state index in [4.69, 9.17) is 0 Å². The van der Waals surface area contributed by atoms with Crippen molar-refractivity contribution in [3.8, 4) is 0 Å². The van der Waals surface area contributed by atoms with Gasteiger partial charge in [0.1, 0.15) is 0 Å². The summed E-state index contributed by atoms with van der Waals surface area (Å²) >= 11 is 0. The van der Waals surface area contributed by atoms with Gasteiger partial charge in [-0.3, -0.25) is 0 Å². The standard InChI is InChI=1S/C2H2F4O2/c3-1(7-5)2(4)8-6/h1-2H. The molecule has 0 fully saturated rings. The van der Waals surface area contributed by atoms with E-state index in [0.29, 0.717) is 0 Å². The molecule has 0 aromatic carbocycles. The SMILES string of the molecule is FOC(F)C(F)OF. The first kappa shape index (κ1) is 7.64. The van der Waals surface area contributed by atoms with Gasteiger partial charge in [-0.1, -0.05) is 0 Å². The maximum absolute atomic E-state index is 11.2. The molecule has 0 aliphatic rings. The van der Waals surface area contributed by atoms with Gasteiger partial charge in [0, 0.05) is 0 Å². The molecular weight excluding hydrogens is 132 g/mol. The van der Waals surface area contributed by atoms with Crippen molar-refractivity contribution < 1.29 is 27.7 Å². The second kappa shape index (κ2) is 3.62. The highest BCUT2D eigenvalue weighted by Crippen LogP contribution is 2.07. The van der Waals surface area contributed by atoms with Gasteiger partial charge in [0.05, 0.1) is 0 Å². The molecule has 0 amide bonds. The van der Waals surface area contributed by atoms with Crippen LogP contribution < -0.4 is 0 Å². The van der Waals surface area contributed by atoms with Crippen LogP contribution in [0.3, 0.4) is 0 Å². The molecule has 0 heterocycles. The molecule has 0 aliphatic carbocycles. The Bertz CT molecular complexity index is 52.0. The second-order valence-corrected chi connectivity index (χ2v) is 0.880. The summed E-state index contributed by atoms with van der Waals surface area (Å²) in [4.78, 5) is 4.39. The molecule has 8 heavy (non-hydrogen) atoms. The van der Waals surface area contributed by atoms with Gasteiger partial charge in [0.2, 0.25) is 0 Å². The molecule has 0 saturated heterocycles. The molecule has 50 valence electrons. The number of rotatable bonds is 3. The molecular formula is C2H2F4O2. The van der Waals surface area contributed by atoms with Gasteiger partial charge >= 0.3 is 0 Å². The second-order valence-electron chi connectivity index (χ2n) is 0.880. The van der Waals surface area contributed by atoms with E-state index in [2.05, 4.69) is 9.88 Å². The van der Waals surface area contributed by atoms with Gasteiger partial charge < -0.3 is 0 Å². The normalized spacial score (nSPS) is 18.0. The highest BCUT2D eigenvalue weighted by atomic mass is 19.3. The first-order valence-electron chi connectivity index (χ1n) is 1.55. The maximum atomic E-state index is 11.2. The van der Waals surface area contributed by atoms with E-state index in [-0.39, 0.29) is 0 Å². The molecule has 0 aromatic rings. The fraction of sp³-hybridized carbons (Fsp3) is 1.00. The van der Waals surface area contributed by atoms with E-state index < -0.39 is 12.7 Å². The zero-order valence-corrected chi connectivity index (χ0v) is 3.48. The third-order valence-electron chi connectivity index (χ3n) is 0.376. The molecule has 0 aromatic heterocycles. The minimum Gasteiger partial charge on any atom is -0.206 e. The maximum Gasteiger partial charge on any atom is 0.294 e. The van der Waals surface area contributed by atoms with Gasteiger partial charge in [-0.2, -0.15) is 9.88 Å². The number of hydrogen-bond donors (Lipinski definition) is 0. The summed E-state index contributed by atoms with van der Waals surface area (Å²) in [6.07, 6.45) is -6.03. The highest BCUT2D eigenvalue weighted by molar-refractivity contribution is 4.37. The Hall–Kier alpha value is -0.360. The van der Waals surface area contributed by atoms with Crippen LogP contribution in [0.15, 0.2) is 0 Å². The van der Waals surface area contributed by atoms with Crippen molar-refractivity contribution in [1.29, 1.82) is 0 Å². The molecule has 0 rings (SSSR count). The summed E-state index contributed by atoms with van der Waals surface area (Å²) in [6.45, 7) is 0. The third-order valence-corrected chi connectivity index (χ3v) is 0.376. The van der Waals surface area contributed by atoms with E-state index >= 15 is 0 Å². The van der Waals surface area contributed by atoms with Gasteiger partial charge in [-0.25, -0.2) is 8.78 Å². The van der Waals surface area contributed by atoms with Gasteiger partial charge in [0.25, 0.3) is 12.7 Å². The summed E-state index contributed by atoms with van der Waals surface area (Å²) in [5.74, 6) is 0. The number of alkyl halides is 2. The number of hydrogen-bond acceptors (Lipinski definition) is 2. The molecule has 0 radical (unpaired) electrons. The number of halogens is 4. The Kier molecular flexibility index (Phi) is 3.46. The minimum atomic E-state index is -3.01. The van der Waals surface area contributed by atoms with Crippen LogP contribution in [0, 0.1) is 0 Å². The van der Waals surface area contributed by atoms with Crippen LogP contribution in [0.4, 0.5) is 17.8 Å². The van der Waals surface area contributed by atoms with Crippen molar-refractivity contribution in [2.45, 2.75) is 12.7 Å². The fourth-order valence-electron chi connectivity index (χ4n) is 0.0809. The zero-order valence-electron chi connectivity index (χ0n) is 3.48. The molecule has 2 atom stereocenters. The van der Waals surface area contributed by atoms with Crippen LogP contribution in [-0.4, -0.2) is 12.7 Å². The predicted octanol–water partition coefficient (Wildman–Crippen LogP) is 1.38. The average Bonchev–Trinajstić information content (AvgIpc) is 1.84. The summed E-state index contributed by atoms with van der Waals surface area (Å²) in [7, 11) is 0. The van der Waals surface area contributed by atoms with Crippen LogP contribution in [0.25, 0.3) is 0 Å². The van der Waals surface area contributed by atoms with Crippen LogP contribution in [0.5, 0.6) is 0 Å². The minimum absolute atomic E-state index is 2.20. The Balaban J connectivity index is 3.29. The van der Waals surface area contributed by atoms with E-state index in [1.807, 2.05) is 0 Å². The largest absolute Gasteiger partial charge is 0.294 e. The van der Waals surface area contributed by atoms with Gasteiger partial charge in [-0.05, 0) is 9.05 Å². The van der Waals surface area contributed by atoms with Gasteiger partial charge in [0.15, 0.2) is 0 Å². The molecule has 2 nitrogen and oxygen atoms in total. The van der Waals surface area contributed by atoms with Crippen LogP contribution in [-0.2, 0) is 9.88 Å². The zero-order chi connectivity index (χ0) is 6.57. The molecule has 0 N–H and O–H groups in total. The summed E-state index contributed by atoms with van der Waals surface area (Å²) < 4.78 is 43.3. The molecule has 0 bridgehead atoms. The first-order chi connectivity index (χ1) is 3.72. The van der Waals surface area contributed by atoms with E-state index in [0.717, 1.165) is 0 Å². The Morgan fingerprint density at radius 3 is 1.25 bits per heavy atom. The van der Waals surface area contributed by atoms with Crippen molar-refractivity contribution in [2.75, 3.05) is 0 Å². The third kappa shape index (κ3) is 2.08. The quantitative estimate of drug-likeness (QED) is 0.543. The van der Waals surface area contributed by atoms with E-state index in [1.165, 1.54) is 0 Å². The lowest BCUT2D eigenvalue weighted by atomic mass is 10.7. The lowest BCUT2D eigenvalue weighted by Gasteiger charge is -2.00. The molecule has 6 heteroatoms. The van der Waals surface area contributed by atoms with Crippen molar-refractivity contribution in [3.63, 3.8) is 0 Å². The Morgan fingerprint density at radius 1 is 0.875 bits per heavy atom. The molecule has 0 aliphatic heterocycles. The fourth-order valence-corrected chi connectivity index (χ4v) is 0.0809. The monoisotopic (exact) mass is 134 g/mol. The van der Waals surface area contributed by atoms with E-state index in [9.17, 15) is 17.8 Å². The summed E-state index contributed by atoms with van der Waals surface area (Å²) in [5, 5.41) is 0. The predicted molar refractivity (Wildman–Crippen MR) is 14.2 cm³/mol. The van der Waals surface area contributed by atoms with Crippen LogP contribution >= 0.6 is 0 Å². The van der Waals surface area contributed by atoms with Crippen molar-refractivity contribution in [1.82, 2.24) is 0 Å². The Morgan fingerprint density at radius 2 is 1.12 bits per heavy atom. The lowest BCUT2D eigenvalue weighted by molar-refractivity contribution is -0.335. The lowest BCUT2D eigenvalue weighted by Crippen LogP contribution is -2.17. The summed E-state index contributed by atoms with van der Waals surface area (Å²) in [6, 6.07) is 0. The topological polar surface area (TPSA) is 18.5 Å². The van der Waals surface area contributed by atoms with Crippen LogP contribution in [0.1, 0.15) is 0 Å². The smallest absolute Gasteiger partial charge is 0.206 e. The van der Waals surface area contributed by atoms with Crippen molar-refractivity contribution in [2.24, 2.45) is 0 Å². The van der Waals surface area contributed by atoms with Crippen molar-refractivity contribution >= 4 is 0 Å². The molecule has 2 unspecified atom stereocenters. The first-order valence-corrected chi connectivity index (χ1v) is 1.55. The molecule has 0 saturated carbocycles. The average molecular weight is 134 g/mol. The van der Waals surface area contributed by atoms with E-state index in [1.54, 1.807) is 0 Å². The van der Waals surface area contributed by atoms with Gasteiger partial charge in [-0.15, -0.1) is 0 Å². The Labute approximate surface area is 41.8 Å². The van der Waals surface area contributed by atoms with Crippen LogP contribution in [0.2, 0.25) is 0 Å². The molecule has 0 spiro atoms. The van der Waals surface area contributed by atoms with Crippen molar-refractivity contribution in [3.05, 3.63) is 0 Å². The summed E-state index contributed by atoms with van der Waals surface area (Å²) in [5.41, 5.74) is 0.